The number of nitrogens with zero attached hydrogens (tertiary/aromatic N) is 4. The molecule has 0 radical (unpaired) electrons. The molecule has 4 rings (SSSR count). The zero-order chi connectivity index (χ0) is 18.5. The van der Waals surface area contributed by atoms with E-state index in [0.717, 1.165) is 55.0 Å². The summed E-state index contributed by atoms with van der Waals surface area (Å²) in [6, 6.07) is 9.60. The van der Waals surface area contributed by atoms with Crippen LogP contribution in [0.25, 0.3) is 10.9 Å². The summed E-state index contributed by atoms with van der Waals surface area (Å²) in [6.07, 6.45) is 7.74. The van der Waals surface area contributed by atoms with E-state index >= 15 is 0 Å². The van der Waals surface area contributed by atoms with Crippen molar-refractivity contribution in [3.05, 3.63) is 30.1 Å². The van der Waals surface area contributed by atoms with Crippen molar-refractivity contribution in [1.29, 1.82) is 5.26 Å². The third-order valence-electron chi connectivity index (χ3n) is 5.82. The van der Waals surface area contributed by atoms with E-state index < -0.39 is 0 Å². The predicted molar refractivity (Wildman–Crippen MR) is 106 cm³/mol. The summed E-state index contributed by atoms with van der Waals surface area (Å²) in [5, 5.41) is 13.6. The number of anilines is 1. The van der Waals surface area contributed by atoms with Crippen molar-refractivity contribution in [3.63, 3.8) is 0 Å². The molecule has 1 aromatic heterocycles. The number of fused-ring (bicyclic) bond motifs is 1. The van der Waals surface area contributed by atoms with Gasteiger partial charge in [-0.15, -0.1) is 0 Å². The lowest BCUT2D eigenvalue weighted by Crippen LogP contribution is -2.46. The molecule has 0 atom stereocenters. The first kappa shape index (κ1) is 18.1. The molecule has 1 saturated heterocycles. The third kappa shape index (κ3) is 4.37. The van der Waals surface area contributed by atoms with Gasteiger partial charge in [0.2, 0.25) is 0 Å². The summed E-state index contributed by atoms with van der Waals surface area (Å²) >= 11 is 0. The van der Waals surface area contributed by atoms with Crippen LogP contribution in [-0.2, 0) is 11.2 Å². The zero-order valence-electron chi connectivity index (χ0n) is 15.7. The van der Waals surface area contributed by atoms with Crippen molar-refractivity contribution in [2.24, 2.45) is 0 Å². The highest BCUT2D eigenvalue weighted by atomic mass is 16.5. The smallest absolute Gasteiger partial charge is 0.137 e. The maximum Gasteiger partial charge on any atom is 0.137 e. The Morgan fingerprint density at radius 2 is 1.96 bits per heavy atom. The van der Waals surface area contributed by atoms with E-state index in [0.29, 0.717) is 18.5 Å². The first-order valence-corrected chi connectivity index (χ1v) is 10.0. The Bertz CT molecular complexity index is 804. The highest BCUT2D eigenvalue weighted by Crippen LogP contribution is 2.28. The quantitative estimate of drug-likeness (QED) is 0.877. The number of benzene rings is 1. The first-order valence-electron chi connectivity index (χ1n) is 10.0. The Labute approximate surface area is 160 Å². The van der Waals surface area contributed by atoms with E-state index in [1.54, 1.807) is 6.33 Å². The van der Waals surface area contributed by atoms with Crippen molar-refractivity contribution < 1.29 is 4.74 Å². The van der Waals surface area contributed by atoms with Crippen LogP contribution >= 0.6 is 0 Å². The molecule has 0 unspecified atom stereocenters. The van der Waals surface area contributed by atoms with Gasteiger partial charge in [-0.2, -0.15) is 5.26 Å². The molecule has 6 nitrogen and oxygen atoms in total. The summed E-state index contributed by atoms with van der Waals surface area (Å²) in [7, 11) is 0. The number of ether oxygens (including phenoxy) is 1. The largest absolute Gasteiger partial charge is 0.379 e. The molecule has 1 saturated carbocycles. The molecule has 6 heteroatoms. The first-order chi connectivity index (χ1) is 13.3. The molecular weight excluding hydrogens is 338 g/mol. The van der Waals surface area contributed by atoms with Crippen LogP contribution in [-0.4, -0.2) is 53.3 Å². The van der Waals surface area contributed by atoms with Crippen LogP contribution in [0, 0.1) is 11.3 Å². The van der Waals surface area contributed by atoms with Gasteiger partial charge in [0, 0.05) is 37.0 Å². The Morgan fingerprint density at radius 1 is 1.15 bits per heavy atom. The highest BCUT2D eigenvalue weighted by Gasteiger charge is 2.27. The van der Waals surface area contributed by atoms with E-state index in [2.05, 4.69) is 38.4 Å². The van der Waals surface area contributed by atoms with Gasteiger partial charge in [-0.05, 0) is 49.8 Å². The van der Waals surface area contributed by atoms with Crippen molar-refractivity contribution >= 4 is 16.7 Å². The maximum atomic E-state index is 8.83. The average Bonchev–Trinajstić information content (AvgIpc) is 2.74. The van der Waals surface area contributed by atoms with Gasteiger partial charge < -0.3 is 10.1 Å². The lowest BCUT2D eigenvalue weighted by atomic mass is 9.90. The molecule has 2 fully saturated rings. The van der Waals surface area contributed by atoms with Gasteiger partial charge in [-0.3, -0.25) is 4.90 Å². The lowest BCUT2D eigenvalue weighted by Gasteiger charge is -2.39. The summed E-state index contributed by atoms with van der Waals surface area (Å²) in [5.74, 6) is 0.925. The number of nitriles is 1. The summed E-state index contributed by atoms with van der Waals surface area (Å²) in [4.78, 5) is 11.5. The standard InChI is InChI=1S/C21H27N5O/c22-9-1-2-16-3-8-20-19(14-16)21(24-15-23-20)25-17-4-6-18(7-5-17)26-10-12-27-13-11-26/h3,8,14-15,17-18H,1-2,4-7,10-13H2,(H,23,24,25). The van der Waals surface area contributed by atoms with E-state index in [-0.39, 0.29) is 0 Å². The lowest BCUT2D eigenvalue weighted by molar-refractivity contribution is 0.00791. The Hall–Kier alpha value is -2.23. The van der Waals surface area contributed by atoms with E-state index in [9.17, 15) is 0 Å². The molecule has 1 aliphatic heterocycles. The molecule has 2 aromatic rings. The van der Waals surface area contributed by atoms with Crippen molar-refractivity contribution in [2.75, 3.05) is 31.6 Å². The average molecular weight is 365 g/mol. The number of nitrogens with one attached hydrogen (secondary N) is 1. The predicted octanol–water partition coefficient (Wildman–Crippen LogP) is 3.14. The van der Waals surface area contributed by atoms with Crippen molar-refractivity contribution in [1.82, 2.24) is 14.9 Å². The maximum absolute atomic E-state index is 8.83. The van der Waals surface area contributed by atoms with Crippen LogP contribution in [0.4, 0.5) is 5.82 Å². The molecule has 0 amide bonds. The SMILES string of the molecule is N#CCCc1ccc2ncnc(NC3CCC(N4CCOCC4)CC3)c2c1. The number of hydrogen-bond donors (Lipinski definition) is 1. The van der Waals surface area contributed by atoms with Gasteiger partial charge in [-0.25, -0.2) is 9.97 Å². The topological polar surface area (TPSA) is 74.1 Å². The fourth-order valence-corrected chi connectivity index (χ4v) is 4.30. The second kappa shape index (κ2) is 8.64. The van der Waals surface area contributed by atoms with Crippen LogP contribution in [0.2, 0.25) is 0 Å². The van der Waals surface area contributed by atoms with Crippen LogP contribution in [0.15, 0.2) is 24.5 Å². The highest BCUT2D eigenvalue weighted by molar-refractivity contribution is 5.89. The van der Waals surface area contributed by atoms with Gasteiger partial charge in [0.15, 0.2) is 0 Å². The number of aromatic nitrogens is 2. The molecule has 2 aliphatic rings. The fourth-order valence-electron chi connectivity index (χ4n) is 4.30. The van der Waals surface area contributed by atoms with Gasteiger partial charge in [0.1, 0.15) is 12.1 Å². The molecule has 1 N–H and O–H groups in total. The van der Waals surface area contributed by atoms with E-state index in [4.69, 9.17) is 10.00 Å². The molecule has 142 valence electrons. The second-order valence-electron chi connectivity index (χ2n) is 7.53. The number of hydrogen-bond acceptors (Lipinski definition) is 6. The minimum absolute atomic E-state index is 0.461. The zero-order valence-corrected chi connectivity index (χ0v) is 15.7. The van der Waals surface area contributed by atoms with E-state index in [1.165, 1.54) is 25.7 Å². The van der Waals surface area contributed by atoms with E-state index in [1.807, 2.05) is 6.07 Å². The molecule has 1 aliphatic carbocycles. The minimum Gasteiger partial charge on any atom is -0.379 e. The Balaban J connectivity index is 1.42. The summed E-state index contributed by atoms with van der Waals surface area (Å²) in [6.45, 7) is 3.90. The summed E-state index contributed by atoms with van der Waals surface area (Å²) in [5.41, 5.74) is 2.12. The van der Waals surface area contributed by atoms with Crippen LogP contribution in [0.1, 0.15) is 37.7 Å². The molecule has 2 heterocycles. The van der Waals surface area contributed by atoms with Gasteiger partial charge in [0.25, 0.3) is 0 Å². The molecule has 1 aromatic carbocycles. The van der Waals surface area contributed by atoms with Gasteiger partial charge in [-0.1, -0.05) is 6.07 Å². The molecule has 27 heavy (non-hydrogen) atoms. The molecular formula is C21H27N5O. The third-order valence-corrected chi connectivity index (χ3v) is 5.82. The molecule has 0 bridgehead atoms. The number of aryl methyl sites for hydroxylation is 1. The number of rotatable bonds is 5. The molecule has 0 spiro atoms. The van der Waals surface area contributed by atoms with Crippen LogP contribution in [0.5, 0.6) is 0 Å². The minimum atomic E-state index is 0.461. The monoisotopic (exact) mass is 365 g/mol. The second-order valence-corrected chi connectivity index (χ2v) is 7.53. The van der Waals surface area contributed by atoms with Crippen LogP contribution < -0.4 is 5.32 Å². The van der Waals surface area contributed by atoms with Gasteiger partial charge >= 0.3 is 0 Å². The normalized spacial score (nSPS) is 23.8. The van der Waals surface area contributed by atoms with Crippen LogP contribution in [0.3, 0.4) is 0 Å². The Morgan fingerprint density at radius 3 is 2.74 bits per heavy atom. The van der Waals surface area contributed by atoms with Gasteiger partial charge in [0.05, 0.1) is 24.8 Å². The fraction of sp³-hybridized carbons (Fsp3) is 0.571. The summed E-state index contributed by atoms with van der Waals surface area (Å²) < 4.78 is 5.48. The van der Waals surface area contributed by atoms with Crippen molar-refractivity contribution in [3.8, 4) is 6.07 Å². The number of morpholine rings is 1. The van der Waals surface area contributed by atoms with Crippen molar-refractivity contribution in [2.45, 2.75) is 50.6 Å². The Kier molecular flexibility index (Phi) is 5.81.